The number of carbonyl (C=O) groups excluding carboxylic acids is 3. The molecule has 0 aromatic carbocycles. The molecule has 0 aliphatic carbocycles. The number of thiophene rings is 1. The third kappa shape index (κ3) is 5.10. The van der Waals surface area contributed by atoms with Crippen molar-refractivity contribution in [2.45, 2.75) is 39.3 Å². The number of halogens is 1. The summed E-state index contributed by atoms with van der Waals surface area (Å²) >= 11 is 4.55. The van der Waals surface area contributed by atoms with Crippen LogP contribution in [0.3, 0.4) is 0 Å². The van der Waals surface area contributed by atoms with E-state index in [1.54, 1.807) is 19.1 Å². The number of hydrogen-bond acceptors (Lipinski definition) is 4. The van der Waals surface area contributed by atoms with Gasteiger partial charge in [-0.1, -0.05) is 20.3 Å². The van der Waals surface area contributed by atoms with Crippen LogP contribution in [0.1, 0.15) is 36.9 Å². The molecule has 0 fully saturated rings. The molecule has 0 bridgehead atoms. The molecule has 0 radical (unpaired) electrons. The van der Waals surface area contributed by atoms with Crippen LogP contribution in [-0.4, -0.2) is 29.8 Å². The first-order chi connectivity index (χ1) is 10.3. The van der Waals surface area contributed by atoms with Gasteiger partial charge in [0.05, 0.1) is 8.66 Å². The summed E-state index contributed by atoms with van der Waals surface area (Å²) < 4.78 is 0.834. The van der Waals surface area contributed by atoms with Crippen LogP contribution in [0.2, 0.25) is 0 Å². The van der Waals surface area contributed by atoms with E-state index in [4.69, 9.17) is 5.73 Å². The van der Waals surface area contributed by atoms with Gasteiger partial charge in [0.25, 0.3) is 5.91 Å². The minimum absolute atomic E-state index is 0.0717. The van der Waals surface area contributed by atoms with Crippen molar-refractivity contribution >= 4 is 45.0 Å². The van der Waals surface area contributed by atoms with E-state index in [0.29, 0.717) is 11.3 Å². The van der Waals surface area contributed by atoms with Crippen molar-refractivity contribution in [2.75, 3.05) is 0 Å². The highest BCUT2D eigenvalue weighted by atomic mass is 79.9. The molecular formula is C14H20BrN3O3S. The molecule has 3 amide bonds. The topological polar surface area (TPSA) is 101 Å². The van der Waals surface area contributed by atoms with Crippen LogP contribution < -0.4 is 16.4 Å². The second-order valence-electron chi connectivity index (χ2n) is 5.07. The van der Waals surface area contributed by atoms with Gasteiger partial charge < -0.3 is 16.4 Å². The second-order valence-corrected chi connectivity index (χ2v) is 7.54. The molecule has 8 heteroatoms. The molecule has 1 aromatic heterocycles. The van der Waals surface area contributed by atoms with Gasteiger partial charge in [-0.15, -0.1) is 11.3 Å². The fourth-order valence-corrected chi connectivity index (χ4v) is 3.07. The molecule has 1 heterocycles. The molecule has 0 spiro atoms. The van der Waals surface area contributed by atoms with Crippen molar-refractivity contribution in [2.24, 2.45) is 11.7 Å². The van der Waals surface area contributed by atoms with Crippen molar-refractivity contribution in [1.82, 2.24) is 10.6 Å². The lowest BCUT2D eigenvalue weighted by molar-refractivity contribution is -0.129. The van der Waals surface area contributed by atoms with Crippen LogP contribution in [0.5, 0.6) is 0 Å². The highest BCUT2D eigenvalue weighted by molar-refractivity contribution is 9.11. The molecule has 3 unspecified atom stereocenters. The van der Waals surface area contributed by atoms with Crippen molar-refractivity contribution < 1.29 is 14.4 Å². The maximum absolute atomic E-state index is 12.1. The Balaban J connectivity index is 2.64. The number of carbonyl (C=O) groups is 3. The molecular weight excluding hydrogens is 370 g/mol. The molecule has 1 rings (SSSR count). The summed E-state index contributed by atoms with van der Waals surface area (Å²) in [6.07, 6.45) is 0.706. The van der Waals surface area contributed by atoms with Crippen molar-refractivity contribution in [1.29, 1.82) is 0 Å². The van der Waals surface area contributed by atoms with E-state index >= 15 is 0 Å². The van der Waals surface area contributed by atoms with Gasteiger partial charge in [-0.2, -0.15) is 0 Å². The Labute approximate surface area is 142 Å². The van der Waals surface area contributed by atoms with Gasteiger partial charge in [0, 0.05) is 0 Å². The van der Waals surface area contributed by atoms with Gasteiger partial charge in [-0.3, -0.25) is 14.4 Å². The normalized spacial score (nSPS) is 14.7. The summed E-state index contributed by atoms with van der Waals surface area (Å²) in [6, 6.07) is 1.92. The van der Waals surface area contributed by atoms with E-state index in [-0.39, 0.29) is 11.8 Å². The molecule has 3 atom stereocenters. The number of nitrogens with one attached hydrogen (secondary N) is 2. The monoisotopic (exact) mass is 389 g/mol. The van der Waals surface area contributed by atoms with Gasteiger partial charge >= 0.3 is 0 Å². The molecule has 0 saturated carbocycles. The zero-order valence-electron chi connectivity index (χ0n) is 12.7. The average Bonchev–Trinajstić information content (AvgIpc) is 2.89. The Bertz CT molecular complexity index is 561. The number of rotatable bonds is 7. The lowest BCUT2D eigenvalue weighted by Gasteiger charge is -2.23. The smallest absolute Gasteiger partial charge is 0.262 e. The van der Waals surface area contributed by atoms with Crippen LogP contribution in [0, 0.1) is 5.92 Å². The van der Waals surface area contributed by atoms with Gasteiger partial charge in [0.15, 0.2) is 0 Å². The molecule has 0 saturated heterocycles. The standard InChI is InChI=1S/C14H20BrN3O3S/c1-4-7(2)11(12(16)19)18-13(20)8(3)17-14(21)9-5-6-10(15)22-9/h5-8,11H,4H2,1-3H3,(H2,16,19)(H,17,21)(H,18,20). The Morgan fingerprint density at radius 2 is 1.91 bits per heavy atom. The first kappa shape index (κ1) is 18.6. The van der Waals surface area contributed by atoms with Crippen LogP contribution in [-0.2, 0) is 9.59 Å². The minimum atomic E-state index is -0.765. The Hall–Kier alpha value is -1.41. The number of hydrogen-bond donors (Lipinski definition) is 3. The van der Waals surface area contributed by atoms with Crippen LogP contribution >= 0.6 is 27.3 Å². The van der Waals surface area contributed by atoms with E-state index in [9.17, 15) is 14.4 Å². The quantitative estimate of drug-likeness (QED) is 0.660. The minimum Gasteiger partial charge on any atom is -0.368 e. The van der Waals surface area contributed by atoms with Gasteiger partial charge in [0.2, 0.25) is 11.8 Å². The van der Waals surface area contributed by atoms with E-state index < -0.39 is 23.9 Å². The number of nitrogens with two attached hydrogens (primary N) is 1. The maximum atomic E-state index is 12.1. The first-order valence-electron chi connectivity index (χ1n) is 6.92. The summed E-state index contributed by atoms with van der Waals surface area (Å²) in [7, 11) is 0. The van der Waals surface area contributed by atoms with E-state index in [2.05, 4.69) is 26.6 Å². The number of amides is 3. The summed E-state index contributed by atoms with van der Waals surface area (Å²) in [5.74, 6) is -1.42. The molecule has 0 aliphatic rings. The molecule has 0 aliphatic heterocycles. The summed E-state index contributed by atoms with van der Waals surface area (Å²) in [5, 5.41) is 5.19. The predicted octanol–water partition coefficient (Wildman–Crippen LogP) is 1.65. The lowest BCUT2D eigenvalue weighted by Crippen LogP contribution is -2.54. The fourth-order valence-electron chi connectivity index (χ4n) is 1.78. The molecule has 6 nitrogen and oxygen atoms in total. The summed E-state index contributed by atoms with van der Waals surface area (Å²) in [4.78, 5) is 36.0. The predicted molar refractivity (Wildman–Crippen MR) is 89.5 cm³/mol. The van der Waals surface area contributed by atoms with Crippen molar-refractivity contribution in [3.8, 4) is 0 Å². The number of primary amides is 1. The maximum Gasteiger partial charge on any atom is 0.262 e. The van der Waals surface area contributed by atoms with Gasteiger partial charge in [-0.25, -0.2) is 0 Å². The highest BCUT2D eigenvalue weighted by Crippen LogP contribution is 2.21. The zero-order valence-corrected chi connectivity index (χ0v) is 15.1. The largest absolute Gasteiger partial charge is 0.368 e. The Morgan fingerprint density at radius 1 is 1.27 bits per heavy atom. The van der Waals surface area contributed by atoms with Gasteiger partial charge in [-0.05, 0) is 40.9 Å². The third-order valence-electron chi connectivity index (χ3n) is 3.36. The fraction of sp³-hybridized carbons (Fsp3) is 0.500. The van der Waals surface area contributed by atoms with E-state index in [0.717, 1.165) is 3.79 Å². The Morgan fingerprint density at radius 3 is 2.36 bits per heavy atom. The molecule has 1 aromatic rings. The first-order valence-corrected chi connectivity index (χ1v) is 8.53. The van der Waals surface area contributed by atoms with Crippen LogP contribution in [0.25, 0.3) is 0 Å². The van der Waals surface area contributed by atoms with Crippen LogP contribution in [0.4, 0.5) is 0 Å². The second kappa shape index (κ2) is 8.28. The SMILES string of the molecule is CCC(C)C(NC(=O)C(C)NC(=O)c1ccc(Br)s1)C(N)=O. The highest BCUT2D eigenvalue weighted by Gasteiger charge is 2.26. The van der Waals surface area contributed by atoms with E-state index in [1.807, 2.05) is 13.8 Å². The summed E-state index contributed by atoms with van der Waals surface area (Å²) in [6.45, 7) is 5.30. The zero-order chi connectivity index (χ0) is 16.9. The molecule has 4 N–H and O–H groups in total. The Kier molecular flexibility index (Phi) is 7.02. The van der Waals surface area contributed by atoms with Crippen molar-refractivity contribution in [3.63, 3.8) is 0 Å². The molecule has 22 heavy (non-hydrogen) atoms. The lowest BCUT2D eigenvalue weighted by atomic mass is 9.98. The summed E-state index contributed by atoms with van der Waals surface area (Å²) in [5.41, 5.74) is 5.31. The molecule has 122 valence electrons. The van der Waals surface area contributed by atoms with Crippen molar-refractivity contribution in [3.05, 3.63) is 20.8 Å². The van der Waals surface area contributed by atoms with Crippen LogP contribution in [0.15, 0.2) is 15.9 Å². The van der Waals surface area contributed by atoms with Gasteiger partial charge in [0.1, 0.15) is 12.1 Å². The average molecular weight is 390 g/mol. The van der Waals surface area contributed by atoms with E-state index in [1.165, 1.54) is 11.3 Å². The third-order valence-corrected chi connectivity index (χ3v) is 4.98.